The Morgan fingerprint density at radius 1 is 1.29 bits per heavy atom. The quantitative estimate of drug-likeness (QED) is 0.755. The van der Waals surface area contributed by atoms with Crippen LogP contribution >= 0.6 is 12.4 Å². The van der Waals surface area contributed by atoms with Crippen LogP contribution in [0.1, 0.15) is 6.92 Å². The van der Waals surface area contributed by atoms with Crippen LogP contribution in [-0.4, -0.2) is 32.1 Å². The summed E-state index contributed by atoms with van der Waals surface area (Å²) in [6.45, 7) is 3.10. The summed E-state index contributed by atoms with van der Waals surface area (Å²) < 4.78 is 5.47. The molecular weight excluding hydrogens is 240 g/mol. The maximum absolute atomic E-state index is 11.6. The van der Waals surface area contributed by atoms with Gasteiger partial charge in [-0.3, -0.25) is 4.79 Å². The second-order valence-corrected chi connectivity index (χ2v) is 3.47. The highest BCUT2D eigenvalue weighted by Gasteiger charge is 2.13. The second-order valence-electron chi connectivity index (χ2n) is 3.47. The van der Waals surface area contributed by atoms with Crippen molar-refractivity contribution in [2.75, 3.05) is 20.1 Å². The van der Waals surface area contributed by atoms with E-state index in [-0.39, 0.29) is 18.3 Å². The van der Waals surface area contributed by atoms with Crippen LogP contribution in [0.4, 0.5) is 0 Å². The number of halogens is 1. The monoisotopic (exact) mass is 258 g/mol. The first-order valence-corrected chi connectivity index (χ1v) is 5.38. The molecule has 5 heteroatoms. The number of ether oxygens (including phenoxy) is 1. The minimum Gasteiger partial charge on any atom is -0.481 e. The number of rotatable bonds is 6. The number of benzene rings is 1. The summed E-state index contributed by atoms with van der Waals surface area (Å²) in [5, 5.41) is 5.73. The lowest BCUT2D eigenvalue weighted by molar-refractivity contribution is -0.127. The Bertz CT molecular complexity index is 320. The van der Waals surface area contributed by atoms with E-state index in [0.717, 1.165) is 6.54 Å². The second kappa shape index (κ2) is 8.84. The fraction of sp³-hybridized carbons (Fsp3) is 0.417. The van der Waals surface area contributed by atoms with E-state index in [1.807, 2.05) is 37.4 Å². The van der Waals surface area contributed by atoms with E-state index < -0.39 is 6.10 Å². The number of nitrogens with one attached hydrogen (secondary N) is 2. The highest BCUT2D eigenvalue weighted by atomic mass is 35.5. The Kier molecular flexibility index (Phi) is 8.19. The number of para-hydroxylation sites is 1. The summed E-state index contributed by atoms with van der Waals surface area (Å²) in [4.78, 5) is 11.6. The molecule has 1 amide bonds. The van der Waals surface area contributed by atoms with Crippen LogP contribution in [0.5, 0.6) is 5.75 Å². The molecule has 0 aromatic heterocycles. The van der Waals surface area contributed by atoms with Crippen LogP contribution < -0.4 is 15.4 Å². The lowest BCUT2D eigenvalue weighted by atomic mass is 10.3. The van der Waals surface area contributed by atoms with E-state index in [9.17, 15) is 4.79 Å². The summed E-state index contributed by atoms with van der Waals surface area (Å²) in [5.41, 5.74) is 0. The molecular formula is C12H19ClN2O2. The Labute approximate surface area is 108 Å². The Balaban J connectivity index is 0.00000256. The van der Waals surface area contributed by atoms with Crippen molar-refractivity contribution in [2.24, 2.45) is 0 Å². The number of carbonyl (C=O) groups excluding carboxylic acids is 1. The van der Waals surface area contributed by atoms with Gasteiger partial charge in [0, 0.05) is 13.1 Å². The number of likely N-dealkylation sites (N-methyl/N-ethyl adjacent to an activating group) is 1. The molecule has 0 aliphatic carbocycles. The minimum atomic E-state index is -0.473. The average molecular weight is 259 g/mol. The van der Waals surface area contributed by atoms with Gasteiger partial charge in [0.15, 0.2) is 6.10 Å². The van der Waals surface area contributed by atoms with Crippen LogP contribution in [0.2, 0.25) is 0 Å². The van der Waals surface area contributed by atoms with E-state index in [4.69, 9.17) is 4.74 Å². The fourth-order valence-electron chi connectivity index (χ4n) is 1.21. The molecule has 0 saturated heterocycles. The molecule has 0 fully saturated rings. The molecule has 1 atom stereocenters. The molecule has 1 aromatic rings. The molecule has 1 rings (SSSR count). The highest BCUT2D eigenvalue weighted by molar-refractivity contribution is 5.85. The molecule has 4 nitrogen and oxygen atoms in total. The van der Waals surface area contributed by atoms with Gasteiger partial charge in [0.05, 0.1) is 0 Å². The Morgan fingerprint density at radius 2 is 1.94 bits per heavy atom. The van der Waals surface area contributed by atoms with Gasteiger partial charge in [0.2, 0.25) is 0 Å². The highest BCUT2D eigenvalue weighted by Crippen LogP contribution is 2.10. The maximum atomic E-state index is 11.6. The topological polar surface area (TPSA) is 50.4 Å². The van der Waals surface area contributed by atoms with Gasteiger partial charge in [-0.15, -0.1) is 12.4 Å². The third kappa shape index (κ3) is 6.14. The molecule has 0 spiro atoms. The van der Waals surface area contributed by atoms with Gasteiger partial charge in [0.1, 0.15) is 5.75 Å². The molecule has 1 aromatic carbocycles. The van der Waals surface area contributed by atoms with Crippen molar-refractivity contribution in [1.82, 2.24) is 10.6 Å². The molecule has 0 saturated carbocycles. The molecule has 96 valence electrons. The van der Waals surface area contributed by atoms with E-state index in [1.54, 1.807) is 6.92 Å². The lowest BCUT2D eigenvalue weighted by Gasteiger charge is -2.14. The van der Waals surface area contributed by atoms with Crippen molar-refractivity contribution < 1.29 is 9.53 Å². The third-order valence-electron chi connectivity index (χ3n) is 2.10. The zero-order valence-electron chi connectivity index (χ0n) is 10.1. The van der Waals surface area contributed by atoms with Gasteiger partial charge in [-0.25, -0.2) is 0 Å². The third-order valence-corrected chi connectivity index (χ3v) is 2.10. The molecule has 0 aliphatic rings. The van der Waals surface area contributed by atoms with Crippen molar-refractivity contribution in [3.05, 3.63) is 30.3 Å². The zero-order chi connectivity index (χ0) is 11.8. The molecule has 17 heavy (non-hydrogen) atoms. The van der Waals surface area contributed by atoms with Gasteiger partial charge in [-0.2, -0.15) is 0 Å². The number of hydrogen-bond donors (Lipinski definition) is 2. The van der Waals surface area contributed by atoms with Gasteiger partial charge in [0.25, 0.3) is 5.91 Å². The van der Waals surface area contributed by atoms with E-state index in [0.29, 0.717) is 12.3 Å². The van der Waals surface area contributed by atoms with E-state index in [1.165, 1.54) is 0 Å². The first-order valence-electron chi connectivity index (χ1n) is 5.38. The summed E-state index contributed by atoms with van der Waals surface area (Å²) >= 11 is 0. The van der Waals surface area contributed by atoms with Crippen molar-refractivity contribution in [1.29, 1.82) is 0 Å². The number of carbonyl (C=O) groups is 1. The Morgan fingerprint density at radius 3 is 2.53 bits per heavy atom. The zero-order valence-corrected chi connectivity index (χ0v) is 10.9. The van der Waals surface area contributed by atoms with Crippen molar-refractivity contribution in [2.45, 2.75) is 13.0 Å². The first-order chi connectivity index (χ1) is 7.74. The fourth-order valence-corrected chi connectivity index (χ4v) is 1.21. The average Bonchev–Trinajstić information content (AvgIpc) is 2.30. The standard InChI is InChI=1S/C12H18N2O2.ClH/c1-10(12(15)14-9-8-13-2)16-11-6-4-3-5-7-11;/h3-7,10,13H,8-9H2,1-2H3,(H,14,15);1H. The van der Waals surface area contributed by atoms with Crippen LogP contribution in [0.25, 0.3) is 0 Å². The molecule has 0 radical (unpaired) electrons. The lowest BCUT2D eigenvalue weighted by Crippen LogP contribution is -2.39. The summed E-state index contributed by atoms with van der Waals surface area (Å²) in [6, 6.07) is 9.32. The van der Waals surface area contributed by atoms with Crippen molar-refractivity contribution >= 4 is 18.3 Å². The smallest absolute Gasteiger partial charge is 0.260 e. The van der Waals surface area contributed by atoms with Crippen molar-refractivity contribution in [3.63, 3.8) is 0 Å². The maximum Gasteiger partial charge on any atom is 0.260 e. The van der Waals surface area contributed by atoms with Crippen LogP contribution in [-0.2, 0) is 4.79 Å². The molecule has 2 N–H and O–H groups in total. The molecule has 1 unspecified atom stereocenters. The van der Waals surface area contributed by atoms with Crippen LogP contribution in [0.15, 0.2) is 30.3 Å². The van der Waals surface area contributed by atoms with Crippen LogP contribution in [0, 0.1) is 0 Å². The van der Waals surface area contributed by atoms with E-state index in [2.05, 4.69) is 10.6 Å². The van der Waals surface area contributed by atoms with Crippen molar-refractivity contribution in [3.8, 4) is 5.75 Å². The van der Waals surface area contributed by atoms with Gasteiger partial charge in [-0.05, 0) is 26.1 Å². The minimum absolute atomic E-state index is 0. The first kappa shape index (κ1) is 15.7. The normalized spacial score (nSPS) is 11.2. The summed E-state index contributed by atoms with van der Waals surface area (Å²) in [5.74, 6) is 0.609. The summed E-state index contributed by atoms with van der Waals surface area (Å²) in [7, 11) is 1.84. The molecule has 0 aliphatic heterocycles. The summed E-state index contributed by atoms with van der Waals surface area (Å²) in [6.07, 6.45) is -0.473. The number of hydrogen-bond acceptors (Lipinski definition) is 3. The predicted octanol–water partition coefficient (Wildman–Crippen LogP) is 1.21. The van der Waals surface area contributed by atoms with Gasteiger partial charge >= 0.3 is 0 Å². The largest absolute Gasteiger partial charge is 0.481 e. The SMILES string of the molecule is CNCCNC(=O)C(C)Oc1ccccc1.Cl. The molecule has 0 heterocycles. The predicted molar refractivity (Wildman–Crippen MR) is 70.7 cm³/mol. The Hall–Kier alpha value is -1.26. The van der Waals surface area contributed by atoms with Crippen LogP contribution in [0.3, 0.4) is 0 Å². The number of amides is 1. The molecule has 0 bridgehead atoms. The van der Waals surface area contributed by atoms with Gasteiger partial charge < -0.3 is 15.4 Å². The van der Waals surface area contributed by atoms with Gasteiger partial charge in [-0.1, -0.05) is 18.2 Å². The van der Waals surface area contributed by atoms with E-state index >= 15 is 0 Å².